The van der Waals surface area contributed by atoms with E-state index in [2.05, 4.69) is 15.2 Å². The van der Waals surface area contributed by atoms with E-state index in [0.717, 1.165) is 11.3 Å². The van der Waals surface area contributed by atoms with Crippen LogP contribution in [0.1, 0.15) is 22.6 Å². The number of nitrogens with zero attached hydrogens (tertiary/aromatic N) is 1. The van der Waals surface area contributed by atoms with E-state index in [0.29, 0.717) is 23.4 Å². The van der Waals surface area contributed by atoms with Crippen LogP contribution in [-0.4, -0.2) is 26.0 Å². The summed E-state index contributed by atoms with van der Waals surface area (Å²) in [6.07, 6.45) is 0.711. The van der Waals surface area contributed by atoms with Gasteiger partial charge in [0, 0.05) is 17.8 Å². The van der Waals surface area contributed by atoms with E-state index in [9.17, 15) is 13.2 Å². The minimum Gasteiger partial charge on any atom is -0.361 e. The number of hydrogen-bond acceptors (Lipinski definition) is 5. The fraction of sp³-hybridized carbons (Fsp3) is 0.333. The number of hydrogen-bond donors (Lipinski definition) is 2. The lowest BCUT2D eigenvalue weighted by Gasteiger charge is -2.08. The van der Waals surface area contributed by atoms with E-state index in [1.807, 2.05) is 6.92 Å². The monoisotopic (exact) mass is 335 g/mol. The van der Waals surface area contributed by atoms with Gasteiger partial charge in [-0.3, -0.25) is 4.79 Å². The van der Waals surface area contributed by atoms with Crippen LogP contribution in [0.15, 0.2) is 27.6 Å². The summed E-state index contributed by atoms with van der Waals surface area (Å²) in [5.74, 6) is 0.574. The Morgan fingerprint density at radius 2 is 2.13 bits per heavy atom. The number of aromatic nitrogens is 1. The van der Waals surface area contributed by atoms with E-state index in [1.165, 1.54) is 12.1 Å². The van der Waals surface area contributed by atoms with Crippen LogP contribution in [-0.2, 0) is 27.7 Å². The zero-order valence-electron chi connectivity index (χ0n) is 12.8. The van der Waals surface area contributed by atoms with Gasteiger partial charge in [-0.2, -0.15) is 0 Å². The van der Waals surface area contributed by atoms with E-state index in [1.54, 1.807) is 13.0 Å². The molecule has 1 aromatic heterocycles. The highest BCUT2D eigenvalue weighted by atomic mass is 32.2. The highest BCUT2D eigenvalue weighted by molar-refractivity contribution is 7.89. The van der Waals surface area contributed by atoms with Gasteiger partial charge in [-0.1, -0.05) is 5.16 Å². The van der Waals surface area contributed by atoms with Crippen LogP contribution in [0.4, 0.5) is 5.69 Å². The quantitative estimate of drug-likeness (QED) is 0.858. The van der Waals surface area contributed by atoms with Crippen molar-refractivity contribution >= 4 is 21.6 Å². The number of nitrogens with one attached hydrogen (secondary N) is 2. The molecule has 1 aliphatic rings. The second-order valence-electron chi connectivity index (χ2n) is 5.49. The highest BCUT2D eigenvalue weighted by Gasteiger charge is 2.21. The number of aryl methyl sites for hydroxylation is 2. The summed E-state index contributed by atoms with van der Waals surface area (Å²) in [5.41, 5.74) is 3.05. The number of carbonyl (C=O) groups is 1. The van der Waals surface area contributed by atoms with Gasteiger partial charge in [-0.25, -0.2) is 13.1 Å². The van der Waals surface area contributed by atoms with Gasteiger partial charge < -0.3 is 9.84 Å². The van der Waals surface area contributed by atoms with Crippen molar-refractivity contribution < 1.29 is 17.7 Å². The Kier molecular flexibility index (Phi) is 3.95. The average molecular weight is 335 g/mol. The Bertz CT molecular complexity index is 851. The molecule has 2 heterocycles. The first-order valence-corrected chi connectivity index (χ1v) is 8.69. The summed E-state index contributed by atoms with van der Waals surface area (Å²) in [7, 11) is -3.62. The fourth-order valence-electron chi connectivity index (χ4n) is 2.63. The Labute approximate surface area is 134 Å². The summed E-state index contributed by atoms with van der Waals surface area (Å²) < 4.78 is 32.3. The number of rotatable bonds is 5. The first kappa shape index (κ1) is 15.7. The van der Waals surface area contributed by atoms with Gasteiger partial charge in [0.2, 0.25) is 15.9 Å². The maximum absolute atomic E-state index is 12.4. The van der Waals surface area contributed by atoms with Crippen molar-refractivity contribution in [2.45, 2.75) is 31.6 Å². The third kappa shape index (κ3) is 3.13. The number of anilines is 1. The van der Waals surface area contributed by atoms with Crippen molar-refractivity contribution in [1.29, 1.82) is 0 Å². The molecule has 0 radical (unpaired) electrons. The van der Waals surface area contributed by atoms with E-state index >= 15 is 0 Å². The number of benzene rings is 1. The fourth-order valence-corrected chi connectivity index (χ4v) is 3.71. The molecular weight excluding hydrogens is 318 g/mol. The first-order chi connectivity index (χ1) is 10.9. The maximum atomic E-state index is 12.4. The molecule has 0 unspecified atom stereocenters. The van der Waals surface area contributed by atoms with Gasteiger partial charge in [0.1, 0.15) is 5.76 Å². The minimum absolute atomic E-state index is 0.124. The number of amides is 1. The largest absolute Gasteiger partial charge is 0.361 e. The number of sulfonamides is 1. The molecular formula is C15H17N3O4S. The molecule has 2 N–H and O–H groups in total. The Morgan fingerprint density at radius 1 is 1.35 bits per heavy atom. The van der Waals surface area contributed by atoms with Crippen molar-refractivity contribution in [1.82, 2.24) is 9.88 Å². The van der Waals surface area contributed by atoms with Crippen LogP contribution < -0.4 is 10.0 Å². The van der Waals surface area contributed by atoms with Crippen LogP contribution in [0.3, 0.4) is 0 Å². The molecule has 1 aliphatic heterocycles. The molecule has 0 spiro atoms. The van der Waals surface area contributed by atoms with Crippen molar-refractivity contribution in [3.8, 4) is 0 Å². The van der Waals surface area contributed by atoms with Crippen LogP contribution in [0.2, 0.25) is 0 Å². The van der Waals surface area contributed by atoms with E-state index in [-0.39, 0.29) is 23.8 Å². The van der Waals surface area contributed by atoms with Crippen molar-refractivity contribution in [3.63, 3.8) is 0 Å². The summed E-state index contributed by atoms with van der Waals surface area (Å²) in [5, 5.41) is 6.52. The number of carbonyl (C=O) groups excluding carboxylic acids is 1. The Morgan fingerprint density at radius 3 is 2.83 bits per heavy atom. The Balaban J connectivity index is 1.70. The smallest absolute Gasteiger partial charge is 0.240 e. The van der Waals surface area contributed by atoms with E-state index in [4.69, 9.17) is 4.52 Å². The van der Waals surface area contributed by atoms with Gasteiger partial charge in [-0.15, -0.1) is 0 Å². The molecule has 7 nitrogen and oxygen atoms in total. The summed E-state index contributed by atoms with van der Waals surface area (Å²) in [6, 6.07) is 4.64. The molecule has 0 saturated carbocycles. The third-order valence-electron chi connectivity index (χ3n) is 3.86. The number of fused-ring (bicyclic) bond motifs is 1. The molecule has 0 fully saturated rings. The molecule has 0 atom stereocenters. The lowest BCUT2D eigenvalue weighted by molar-refractivity contribution is -0.115. The van der Waals surface area contributed by atoms with Crippen molar-refractivity contribution in [2.75, 3.05) is 11.9 Å². The van der Waals surface area contributed by atoms with Crippen molar-refractivity contribution in [2.24, 2.45) is 0 Å². The van der Waals surface area contributed by atoms with E-state index < -0.39 is 10.0 Å². The topological polar surface area (TPSA) is 101 Å². The zero-order valence-corrected chi connectivity index (χ0v) is 13.7. The van der Waals surface area contributed by atoms with Gasteiger partial charge >= 0.3 is 0 Å². The molecule has 0 saturated heterocycles. The molecule has 23 heavy (non-hydrogen) atoms. The standard InChI is InChI=1S/C15H17N3O4S/c1-9-13(10(2)22-18-9)5-6-16-23(20,21)12-3-4-14-11(7-12)8-15(19)17-14/h3-4,7,16H,5-6,8H2,1-2H3,(H,17,19). The lowest BCUT2D eigenvalue weighted by Crippen LogP contribution is -2.26. The second-order valence-corrected chi connectivity index (χ2v) is 7.26. The van der Waals surface area contributed by atoms with Gasteiger partial charge in [0.15, 0.2) is 0 Å². The summed E-state index contributed by atoms with van der Waals surface area (Å²) in [4.78, 5) is 11.5. The summed E-state index contributed by atoms with van der Waals surface area (Å²) in [6.45, 7) is 3.87. The highest BCUT2D eigenvalue weighted by Crippen LogP contribution is 2.25. The molecule has 1 amide bonds. The molecule has 0 aliphatic carbocycles. The molecule has 8 heteroatoms. The average Bonchev–Trinajstić information content (AvgIpc) is 3.01. The van der Waals surface area contributed by atoms with Crippen molar-refractivity contribution in [3.05, 3.63) is 40.8 Å². The molecule has 0 bridgehead atoms. The first-order valence-electron chi connectivity index (χ1n) is 7.21. The van der Waals surface area contributed by atoms with Gasteiger partial charge in [0.05, 0.1) is 17.0 Å². The van der Waals surface area contributed by atoms with Gasteiger partial charge in [-0.05, 0) is 44.0 Å². The lowest BCUT2D eigenvalue weighted by atomic mass is 10.1. The maximum Gasteiger partial charge on any atom is 0.240 e. The molecule has 2 aromatic rings. The normalized spacial score (nSPS) is 13.9. The van der Waals surface area contributed by atoms with Crippen LogP contribution >= 0.6 is 0 Å². The third-order valence-corrected chi connectivity index (χ3v) is 5.32. The predicted molar refractivity (Wildman–Crippen MR) is 83.6 cm³/mol. The molecule has 122 valence electrons. The minimum atomic E-state index is -3.62. The Hall–Kier alpha value is -2.19. The molecule has 3 rings (SSSR count). The SMILES string of the molecule is Cc1noc(C)c1CCNS(=O)(=O)c1ccc2c(c1)CC(=O)N2. The zero-order chi connectivity index (χ0) is 16.6. The summed E-state index contributed by atoms with van der Waals surface area (Å²) >= 11 is 0. The van der Waals surface area contributed by atoms with Gasteiger partial charge in [0.25, 0.3) is 0 Å². The second kappa shape index (κ2) is 5.78. The van der Waals surface area contributed by atoms with Crippen LogP contribution in [0.5, 0.6) is 0 Å². The molecule has 1 aromatic carbocycles. The van der Waals surface area contributed by atoms with Crippen LogP contribution in [0.25, 0.3) is 0 Å². The van der Waals surface area contributed by atoms with Crippen LogP contribution in [0, 0.1) is 13.8 Å². The predicted octanol–water partition coefficient (Wildman–Crippen LogP) is 1.31.